The Balaban J connectivity index is 1.96. The summed E-state index contributed by atoms with van der Waals surface area (Å²) in [5.74, 6) is 1.56. The number of allylic oxidation sites excluding steroid dienone is 1. The van der Waals surface area contributed by atoms with Gasteiger partial charge in [-0.1, -0.05) is 44.9 Å². The quantitative estimate of drug-likeness (QED) is 0.511. The molecule has 3 atom stereocenters. The van der Waals surface area contributed by atoms with Crippen molar-refractivity contribution in [2.75, 3.05) is 0 Å². The van der Waals surface area contributed by atoms with Crippen LogP contribution < -0.4 is 0 Å². The lowest BCUT2D eigenvalue weighted by molar-refractivity contribution is 0.140. The van der Waals surface area contributed by atoms with Crippen molar-refractivity contribution in [2.24, 2.45) is 11.3 Å². The summed E-state index contributed by atoms with van der Waals surface area (Å²) >= 11 is 0. The van der Waals surface area contributed by atoms with E-state index in [4.69, 9.17) is 0 Å². The molecule has 0 spiro atoms. The van der Waals surface area contributed by atoms with E-state index >= 15 is 0 Å². The van der Waals surface area contributed by atoms with Gasteiger partial charge in [-0.05, 0) is 79.9 Å². The Labute approximate surface area is 141 Å². The van der Waals surface area contributed by atoms with Crippen molar-refractivity contribution in [3.05, 3.63) is 41.0 Å². The Hall–Kier alpha value is -1.24. The SMILES string of the molecule is C=C(C)[C@@H]1CC[C@@]2(C)Cc3cc(CCCCC)cc(O)c3[C@@H]1C2. The second-order valence-corrected chi connectivity index (χ2v) is 8.43. The average molecular weight is 312 g/mol. The van der Waals surface area contributed by atoms with Crippen molar-refractivity contribution >= 4 is 0 Å². The predicted octanol–water partition coefficient (Wildman–Crippen LogP) is 6.15. The zero-order chi connectivity index (χ0) is 16.6. The van der Waals surface area contributed by atoms with Crippen LogP contribution in [0.2, 0.25) is 0 Å². The topological polar surface area (TPSA) is 20.2 Å². The van der Waals surface area contributed by atoms with Crippen molar-refractivity contribution in [3.63, 3.8) is 0 Å². The van der Waals surface area contributed by atoms with Gasteiger partial charge in [-0.25, -0.2) is 0 Å². The molecule has 0 aromatic heterocycles. The summed E-state index contributed by atoms with van der Waals surface area (Å²) < 4.78 is 0. The molecule has 0 aliphatic heterocycles. The first kappa shape index (κ1) is 16.6. The Morgan fingerprint density at radius 2 is 2.13 bits per heavy atom. The second kappa shape index (κ2) is 6.34. The minimum atomic E-state index is 0.415. The third kappa shape index (κ3) is 3.20. The first-order valence-electron chi connectivity index (χ1n) is 9.43. The number of hydrogen-bond donors (Lipinski definition) is 1. The standard InChI is InChI=1S/C22H32O/c1-5-6-7-8-16-11-17-13-22(4)10-9-18(15(2)3)19(14-22)21(17)20(23)12-16/h11-12,18-19,23H,2,5-10,13-14H2,1,3-4H3/t18-,19+,22-/m0/s1. The lowest BCUT2D eigenvalue weighted by Crippen LogP contribution is -2.37. The molecular weight excluding hydrogens is 280 g/mol. The number of phenols is 1. The zero-order valence-electron chi connectivity index (χ0n) is 15.1. The van der Waals surface area contributed by atoms with Gasteiger partial charge in [0.2, 0.25) is 0 Å². The van der Waals surface area contributed by atoms with Gasteiger partial charge in [-0.2, -0.15) is 0 Å². The highest BCUT2D eigenvalue weighted by Crippen LogP contribution is 2.56. The summed E-state index contributed by atoms with van der Waals surface area (Å²) in [6.45, 7) is 11.1. The molecule has 0 heterocycles. The van der Waals surface area contributed by atoms with Gasteiger partial charge in [0.05, 0.1) is 0 Å². The number of aryl methyl sites for hydroxylation is 1. The zero-order valence-corrected chi connectivity index (χ0v) is 15.1. The monoisotopic (exact) mass is 312 g/mol. The molecule has 23 heavy (non-hydrogen) atoms. The number of benzene rings is 1. The molecule has 1 aromatic carbocycles. The van der Waals surface area contributed by atoms with E-state index in [2.05, 4.69) is 33.4 Å². The molecule has 2 aliphatic carbocycles. The van der Waals surface area contributed by atoms with Crippen molar-refractivity contribution in [2.45, 2.75) is 78.1 Å². The summed E-state index contributed by atoms with van der Waals surface area (Å²) in [5, 5.41) is 10.8. The maximum Gasteiger partial charge on any atom is 0.119 e. The molecule has 2 bridgehead atoms. The molecule has 0 saturated heterocycles. The third-order valence-corrected chi connectivity index (χ3v) is 6.25. The molecule has 0 radical (unpaired) electrons. The molecule has 1 aromatic rings. The van der Waals surface area contributed by atoms with Gasteiger partial charge in [0.15, 0.2) is 0 Å². The fourth-order valence-electron chi connectivity index (χ4n) is 5.05. The van der Waals surface area contributed by atoms with E-state index < -0.39 is 0 Å². The van der Waals surface area contributed by atoms with Gasteiger partial charge in [-0.15, -0.1) is 0 Å². The largest absolute Gasteiger partial charge is 0.508 e. The van der Waals surface area contributed by atoms with Gasteiger partial charge in [0.1, 0.15) is 5.75 Å². The summed E-state index contributed by atoms with van der Waals surface area (Å²) in [6.07, 6.45) is 9.71. The average Bonchev–Trinajstić information content (AvgIpc) is 2.46. The van der Waals surface area contributed by atoms with Crippen LogP contribution in [-0.4, -0.2) is 5.11 Å². The van der Waals surface area contributed by atoms with Gasteiger partial charge in [0, 0.05) is 5.56 Å². The lowest BCUT2D eigenvalue weighted by atomic mass is 9.56. The van der Waals surface area contributed by atoms with E-state index in [9.17, 15) is 5.11 Å². The van der Waals surface area contributed by atoms with Gasteiger partial charge in [-0.3, -0.25) is 0 Å². The molecule has 2 aliphatic rings. The number of unbranched alkanes of at least 4 members (excludes halogenated alkanes) is 2. The maximum atomic E-state index is 10.8. The highest BCUT2D eigenvalue weighted by molar-refractivity contribution is 5.49. The van der Waals surface area contributed by atoms with Crippen LogP contribution in [0.3, 0.4) is 0 Å². The fraction of sp³-hybridized carbons (Fsp3) is 0.636. The molecule has 126 valence electrons. The Kier molecular flexibility index (Phi) is 4.58. The number of aromatic hydroxyl groups is 1. The molecular formula is C22H32O. The number of phenolic OH excluding ortho intramolecular Hbond substituents is 1. The maximum absolute atomic E-state index is 10.8. The Morgan fingerprint density at radius 1 is 1.35 bits per heavy atom. The Bertz CT molecular complexity index is 600. The van der Waals surface area contributed by atoms with Crippen molar-refractivity contribution < 1.29 is 5.11 Å². The molecule has 0 amide bonds. The highest BCUT2D eigenvalue weighted by atomic mass is 16.3. The molecule has 3 rings (SSSR count). The van der Waals surface area contributed by atoms with Crippen molar-refractivity contribution in [1.82, 2.24) is 0 Å². The summed E-state index contributed by atoms with van der Waals surface area (Å²) in [7, 11) is 0. The first-order valence-corrected chi connectivity index (χ1v) is 9.43. The molecule has 0 unspecified atom stereocenters. The Morgan fingerprint density at radius 3 is 2.83 bits per heavy atom. The van der Waals surface area contributed by atoms with Crippen LogP contribution in [-0.2, 0) is 12.8 Å². The van der Waals surface area contributed by atoms with Gasteiger partial charge in [0.25, 0.3) is 0 Å². The van der Waals surface area contributed by atoms with Crippen LogP contribution in [0, 0.1) is 11.3 Å². The normalized spacial score (nSPS) is 29.2. The molecule has 1 heteroatoms. The van der Waals surface area contributed by atoms with E-state index in [0.717, 1.165) is 12.8 Å². The van der Waals surface area contributed by atoms with Crippen molar-refractivity contribution in [3.8, 4) is 5.75 Å². The smallest absolute Gasteiger partial charge is 0.119 e. The fourth-order valence-corrected chi connectivity index (χ4v) is 5.05. The highest BCUT2D eigenvalue weighted by Gasteiger charge is 2.44. The minimum absolute atomic E-state index is 0.415. The predicted molar refractivity (Wildman–Crippen MR) is 98.0 cm³/mol. The van der Waals surface area contributed by atoms with Crippen LogP contribution >= 0.6 is 0 Å². The van der Waals surface area contributed by atoms with E-state index in [1.165, 1.54) is 60.8 Å². The first-order chi connectivity index (χ1) is 10.9. The molecule has 1 fully saturated rings. The number of fused-ring (bicyclic) bond motifs is 4. The number of rotatable bonds is 5. The van der Waals surface area contributed by atoms with Crippen molar-refractivity contribution in [1.29, 1.82) is 0 Å². The van der Waals surface area contributed by atoms with Gasteiger partial charge >= 0.3 is 0 Å². The van der Waals surface area contributed by atoms with E-state index in [1.54, 1.807) is 0 Å². The molecule has 1 N–H and O–H groups in total. The second-order valence-electron chi connectivity index (χ2n) is 8.43. The summed E-state index contributed by atoms with van der Waals surface area (Å²) in [4.78, 5) is 0. The summed E-state index contributed by atoms with van der Waals surface area (Å²) in [6, 6.07) is 4.44. The van der Waals surface area contributed by atoms with Crippen LogP contribution in [0.15, 0.2) is 24.3 Å². The van der Waals surface area contributed by atoms with Crippen LogP contribution in [0.4, 0.5) is 0 Å². The summed E-state index contributed by atoms with van der Waals surface area (Å²) in [5.41, 5.74) is 5.69. The third-order valence-electron chi connectivity index (χ3n) is 6.25. The minimum Gasteiger partial charge on any atom is -0.508 e. The molecule has 1 nitrogen and oxygen atoms in total. The number of hydrogen-bond acceptors (Lipinski definition) is 1. The van der Waals surface area contributed by atoms with Crippen LogP contribution in [0.1, 0.15) is 81.9 Å². The lowest BCUT2D eigenvalue weighted by Gasteiger charge is -2.48. The molecule has 1 saturated carbocycles. The van der Waals surface area contributed by atoms with Crippen LogP contribution in [0.5, 0.6) is 5.75 Å². The van der Waals surface area contributed by atoms with Crippen LogP contribution in [0.25, 0.3) is 0 Å². The van der Waals surface area contributed by atoms with E-state index in [0.29, 0.717) is 23.0 Å². The van der Waals surface area contributed by atoms with E-state index in [-0.39, 0.29) is 0 Å². The van der Waals surface area contributed by atoms with Gasteiger partial charge < -0.3 is 5.11 Å². The van der Waals surface area contributed by atoms with E-state index in [1.807, 2.05) is 6.07 Å².